The van der Waals surface area contributed by atoms with Gasteiger partial charge in [-0.05, 0) is 43.9 Å². The summed E-state index contributed by atoms with van der Waals surface area (Å²) in [6.45, 7) is 3.23. The standard InChI is InChI=1S/C20H27N5O2/c1-24-17(7-10-23-24)18-15(8-13-27-18)14-22-20(26)16-6-5-9-21-19(16)25-11-3-2-4-12-25/h5-7,9-10,15,18H,2-4,8,11-14H2,1H3,(H,22,26)/t15-,18+/m0/s1. The van der Waals surface area contributed by atoms with Crippen LogP contribution in [0, 0.1) is 5.92 Å². The fourth-order valence-electron chi connectivity index (χ4n) is 4.08. The van der Waals surface area contributed by atoms with E-state index in [0.29, 0.717) is 18.7 Å². The fourth-order valence-corrected chi connectivity index (χ4v) is 4.08. The number of ether oxygens (including phenoxy) is 1. The summed E-state index contributed by atoms with van der Waals surface area (Å²) in [4.78, 5) is 19.6. The van der Waals surface area contributed by atoms with Crippen molar-refractivity contribution in [3.05, 3.63) is 41.9 Å². The SMILES string of the molecule is Cn1nccc1[C@@H]1OCC[C@H]1CNC(=O)c1cccnc1N1CCCCC1. The van der Waals surface area contributed by atoms with Crippen molar-refractivity contribution in [2.45, 2.75) is 31.8 Å². The number of hydrogen-bond acceptors (Lipinski definition) is 5. The number of nitrogens with one attached hydrogen (secondary N) is 1. The predicted octanol–water partition coefficient (Wildman–Crippen LogP) is 2.31. The number of amides is 1. The molecule has 0 spiro atoms. The van der Waals surface area contributed by atoms with Crippen LogP contribution in [0.15, 0.2) is 30.6 Å². The summed E-state index contributed by atoms with van der Waals surface area (Å²) in [6, 6.07) is 5.69. The number of nitrogens with zero attached hydrogens (tertiary/aromatic N) is 4. The third kappa shape index (κ3) is 3.83. The molecule has 2 fully saturated rings. The molecule has 2 aliphatic heterocycles. The second-order valence-corrected chi connectivity index (χ2v) is 7.35. The van der Waals surface area contributed by atoms with Crippen molar-refractivity contribution >= 4 is 11.7 Å². The van der Waals surface area contributed by atoms with Crippen LogP contribution in [0.3, 0.4) is 0 Å². The fraction of sp³-hybridized carbons (Fsp3) is 0.550. The number of anilines is 1. The minimum atomic E-state index is -0.0562. The third-order valence-electron chi connectivity index (χ3n) is 5.58. The maximum absolute atomic E-state index is 12.9. The highest BCUT2D eigenvalue weighted by atomic mass is 16.5. The molecule has 4 heterocycles. The molecular formula is C20H27N5O2. The zero-order chi connectivity index (χ0) is 18.6. The Hall–Kier alpha value is -2.41. The second-order valence-electron chi connectivity index (χ2n) is 7.35. The smallest absolute Gasteiger partial charge is 0.255 e. The van der Waals surface area contributed by atoms with Gasteiger partial charge in [0.25, 0.3) is 5.91 Å². The molecule has 0 aliphatic carbocycles. The van der Waals surface area contributed by atoms with Gasteiger partial charge in [0, 0.05) is 51.6 Å². The Morgan fingerprint density at radius 2 is 2.11 bits per heavy atom. The summed E-state index contributed by atoms with van der Waals surface area (Å²) >= 11 is 0. The number of pyridine rings is 1. The quantitative estimate of drug-likeness (QED) is 0.876. The van der Waals surface area contributed by atoms with Gasteiger partial charge in [-0.3, -0.25) is 9.48 Å². The van der Waals surface area contributed by atoms with Gasteiger partial charge in [0.05, 0.1) is 11.3 Å². The summed E-state index contributed by atoms with van der Waals surface area (Å²) in [7, 11) is 1.92. The number of rotatable bonds is 5. The topological polar surface area (TPSA) is 72.3 Å². The number of carbonyl (C=O) groups is 1. The average molecular weight is 369 g/mol. The first-order chi connectivity index (χ1) is 13.2. The molecule has 0 bridgehead atoms. The van der Waals surface area contributed by atoms with E-state index in [2.05, 4.69) is 20.3 Å². The van der Waals surface area contributed by atoms with Gasteiger partial charge in [-0.15, -0.1) is 0 Å². The highest BCUT2D eigenvalue weighted by molar-refractivity contribution is 5.98. The molecule has 0 aromatic carbocycles. The van der Waals surface area contributed by atoms with Gasteiger partial charge in [-0.2, -0.15) is 5.10 Å². The number of hydrogen-bond donors (Lipinski definition) is 1. The van der Waals surface area contributed by atoms with Crippen molar-refractivity contribution < 1.29 is 9.53 Å². The van der Waals surface area contributed by atoms with E-state index < -0.39 is 0 Å². The number of carbonyl (C=O) groups excluding carboxylic acids is 1. The Kier molecular flexibility index (Phi) is 5.38. The molecule has 0 saturated carbocycles. The zero-order valence-electron chi connectivity index (χ0n) is 15.8. The lowest BCUT2D eigenvalue weighted by atomic mass is 9.98. The lowest BCUT2D eigenvalue weighted by molar-refractivity contribution is 0.0801. The molecule has 2 atom stereocenters. The van der Waals surface area contributed by atoms with E-state index in [1.54, 1.807) is 12.4 Å². The lowest BCUT2D eigenvalue weighted by Crippen LogP contribution is -2.35. The monoisotopic (exact) mass is 369 g/mol. The van der Waals surface area contributed by atoms with Gasteiger partial charge in [-0.1, -0.05) is 0 Å². The molecule has 144 valence electrons. The summed E-state index contributed by atoms with van der Waals surface area (Å²) in [6.07, 6.45) is 8.03. The normalized spacial score (nSPS) is 22.8. The van der Waals surface area contributed by atoms with Crippen molar-refractivity contribution in [2.75, 3.05) is 31.1 Å². The zero-order valence-corrected chi connectivity index (χ0v) is 15.8. The van der Waals surface area contributed by atoms with Gasteiger partial charge >= 0.3 is 0 Å². The van der Waals surface area contributed by atoms with Crippen molar-refractivity contribution in [1.82, 2.24) is 20.1 Å². The molecule has 0 radical (unpaired) electrons. The van der Waals surface area contributed by atoms with Gasteiger partial charge in [0.15, 0.2) is 0 Å². The van der Waals surface area contributed by atoms with Gasteiger partial charge in [-0.25, -0.2) is 4.98 Å². The third-order valence-corrected chi connectivity index (χ3v) is 5.58. The molecule has 7 nitrogen and oxygen atoms in total. The predicted molar refractivity (Wildman–Crippen MR) is 103 cm³/mol. The molecule has 27 heavy (non-hydrogen) atoms. The van der Waals surface area contributed by atoms with Crippen LogP contribution >= 0.6 is 0 Å². The van der Waals surface area contributed by atoms with Crippen LogP contribution in [0.2, 0.25) is 0 Å². The molecular weight excluding hydrogens is 342 g/mol. The van der Waals surface area contributed by atoms with Crippen molar-refractivity contribution in [3.63, 3.8) is 0 Å². The summed E-state index contributed by atoms with van der Waals surface area (Å²) in [5.41, 5.74) is 1.72. The van der Waals surface area contributed by atoms with Crippen molar-refractivity contribution in [3.8, 4) is 0 Å². The first-order valence-corrected chi connectivity index (χ1v) is 9.81. The Morgan fingerprint density at radius 3 is 2.89 bits per heavy atom. The van der Waals surface area contributed by atoms with E-state index >= 15 is 0 Å². The van der Waals surface area contributed by atoms with E-state index in [1.165, 1.54) is 6.42 Å². The van der Waals surface area contributed by atoms with Gasteiger partial charge < -0.3 is 15.0 Å². The molecule has 2 aromatic heterocycles. The first kappa shape index (κ1) is 18.0. The maximum Gasteiger partial charge on any atom is 0.255 e. The highest BCUT2D eigenvalue weighted by Gasteiger charge is 2.32. The summed E-state index contributed by atoms with van der Waals surface area (Å²) < 4.78 is 7.76. The molecule has 2 aromatic rings. The minimum absolute atomic E-state index is 0.0201. The van der Waals surface area contributed by atoms with E-state index in [-0.39, 0.29) is 17.9 Å². The Morgan fingerprint density at radius 1 is 1.26 bits per heavy atom. The molecule has 1 N–H and O–H groups in total. The molecule has 4 rings (SSSR count). The number of aromatic nitrogens is 3. The highest BCUT2D eigenvalue weighted by Crippen LogP contribution is 2.33. The summed E-state index contributed by atoms with van der Waals surface area (Å²) in [5, 5.41) is 7.35. The molecule has 1 amide bonds. The molecule has 0 unspecified atom stereocenters. The summed E-state index contributed by atoms with van der Waals surface area (Å²) in [5.74, 6) is 0.999. The van der Waals surface area contributed by atoms with Crippen LogP contribution < -0.4 is 10.2 Å². The lowest BCUT2D eigenvalue weighted by Gasteiger charge is -2.29. The molecule has 2 saturated heterocycles. The Labute approximate surface area is 159 Å². The van der Waals surface area contributed by atoms with E-state index in [4.69, 9.17) is 4.74 Å². The van der Waals surface area contributed by atoms with Crippen LogP contribution in [0.5, 0.6) is 0 Å². The Bertz CT molecular complexity index is 784. The largest absolute Gasteiger partial charge is 0.372 e. The molecule has 2 aliphatic rings. The number of aryl methyl sites for hydroxylation is 1. The van der Waals surface area contributed by atoms with Gasteiger partial charge in [0.2, 0.25) is 0 Å². The maximum atomic E-state index is 12.9. The van der Waals surface area contributed by atoms with Crippen LogP contribution in [0.1, 0.15) is 47.8 Å². The van der Waals surface area contributed by atoms with Crippen molar-refractivity contribution in [1.29, 1.82) is 0 Å². The number of piperidine rings is 1. The van der Waals surface area contributed by atoms with Crippen molar-refractivity contribution in [2.24, 2.45) is 13.0 Å². The van der Waals surface area contributed by atoms with Crippen LogP contribution in [0.4, 0.5) is 5.82 Å². The van der Waals surface area contributed by atoms with Crippen LogP contribution in [0.25, 0.3) is 0 Å². The van der Waals surface area contributed by atoms with E-state index in [0.717, 1.165) is 43.9 Å². The minimum Gasteiger partial charge on any atom is -0.372 e. The van der Waals surface area contributed by atoms with Crippen LogP contribution in [-0.4, -0.2) is 46.9 Å². The van der Waals surface area contributed by atoms with Gasteiger partial charge in [0.1, 0.15) is 11.9 Å². The van der Waals surface area contributed by atoms with E-state index in [9.17, 15) is 4.79 Å². The molecule has 7 heteroatoms. The van der Waals surface area contributed by atoms with Crippen LogP contribution in [-0.2, 0) is 11.8 Å². The average Bonchev–Trinajstić information content (AvgIpc) is 3.35. The first-order valence-electron chi connectivity index (χ1n) is 9.81. The second kappa shape index (κ2) is 8.08. The van der Waals surface area contributed by atoms with E-state index in [1.807, 2.05) is 29.9 Å². The Balaban J connectivity index is 1.43.